The minimum atomic E-state index is -1.52. The van der Waals surface area contributed by atoms with Gasteiger partial charge in [-0.2, -0.15) is 5.26 Å². The standard InChI is InChI=1S/C24H19N3O5S/c1-26-18-5-3-2-4-15(18)7-8-16-10-14(6-9-19(16)26)11-20-22(30)27(13-21(28)29)23(33-20)17(12-25)24(31)32/h2-6,9-11H,7-8,13H2,1H3,(H,28,29)(H,31,32)/b20-11-,23-17+. The van der Waals surface area contributed by atoms with Gasteiger partial charge in [0.05, 0.1) is 4.53 Å². The number of thiazole rings is 1. The lowest BCUT2D eigenvalue weighted by Gasteiger charge is -2.22. The molecule has 9 heteroatoms. The molecule has 2 N–H and O–H groups in total. The number of nitriles is 1. The molecule has 0 spiro atoms. The van der Waals surface area contributed by atoms with Crippen LogP contribution in [-0.2, 0) is 29.0 Å². The third-order valence-electron chi connectivity index (χ3n) is 5.52. The normalized spacial score (nSPS) is 14.1. The first-order valence-corrected chi connectivity index (χ1v) is 10.9. The molecular formula is C24H19N3O5S. The van der Waals surface area contributed by atoms with E-state index in [9.17, 15) is 24.8 Å². The van der Waals surface area contributed by atoms with Gasteiger partial charge in [0.25, 0.3) is 5.56 Å². The number of rotatable bonds is 4. The predicted octanol–water partition coefficient (Wildman–Crippen LogP) is 1.45. The molecule has 0 amide bonds. The highest BCUT2D eigenvalue weighted by atomic mass is 32.1. The van der Waals surface area contributed by atoms with E-state index in [0.29, 0.717) is 0 Å². The Morgan fingerprint density at radius 1 is 1.12 bits per heavy atom. The number of hydrogen-bond acceptors (Lipinski definition) is 6. The summed E-state index contributed by atoms with van der Waals surface area (Å²) in [6.07, 6.45) is 3.28. The van der Waals surface area contributed by atoms with Gasteiger partial charge >= 0.3 is 11.9 Å². The highest BCUT2D eigenvalue weighted by molar-refractivity contribution is 7.07. The average Bonchev–Trinajstić information content (AvgIpc) is 2.98. The van der Waals surface area contributed by atoms with E-state index in [2.05, 4.69) is 17.0 Å². The number of aliphatic carboxylic acids is 2. The number of benzene rings is 2. The first-order valence-electron chi connectivity index (χ1n) is 10.1. The van der Waals surface area contributed by atoms with Crippen LogP contribution in [0.25, 0.3) is 11.6 Å². The highest BCUT2D eigenvalue weighted by Crippen LogP contribution is 2.35. The lowest BCUT2D eigenvalue weighted by atomic mass is 10.0. The summed E-state index contributed by atoms with van der Waals surface area (Å²) in [6, 6.07) is 15.6. The van der Waals surface area contributed by atoms with Gasteiger partial charge in [0.1, 0.15) is 17.3 Å². The highest BCUT2D eigenvalue weighted by Gasteiger charge is 2.18. The van der Waals surface area contributed by atoms with Crippen molar-refractivity contribution in [2.24, 2.45) is 0 Å². The second-order valence-corrected chi connectivity index (χ2v) is 8.60. The zero-order chi connectivity index (χ0) is 23.7. The second kappa shape index (κ2) is 8.76. The van der Waals surface area contributed by atoms with Crippen LogP contribution in [0.4, 0.5) is 11.4 Å². The molecule has 1 aliphatic heterocycles. The number of aromatic nitrogens is 1. The van der Waals surface area contributed by atoms with E-state index in [1.54, 1.807) is 12.1 Å². The van der Waals surface area contributed by atoms with Crippen molar-refractivity contribution in [3.05, 3.63) is 78.7 Å². The molecule has 3 aromatic rings. The van der Waals surface area contributed by atoms with Crippen LogP contribution in [0.5, 0.6) is 0 Å². The van der Waals surface area contributed by atoms with Gasteiger partial charge in [-0.05, 0) is 53.8 Å². The van der Waals surface area contributed by atoms with Crippen molar-refractivity contribution < 1.29 is 19.8 Å². The summed E-state index contributed by atoms with van der Waals surface area (Å²) in [5.41, 5.74) is 3.95. The predicted molar refractivity (Wildman–Crippen MR) is 124 cm³/mol. The van der Waals surface area contributed by atoms with E-state index >= 15 is 0 Å². The van der Waals surface area contributed by atoms with Gasteiger partial charge in [0.15, 0.2) is 5.57 Å². The molecule has 1 aliphatic rings. The Balaban J connectivity index is 1.86. The molecule has 8 nitrogen and oxygen atoms in total. The number of aryl methyl sites for hydroxylation is 2. The Hall–Kier alpha value is -4.16. The molecule has 0 unspecified atom stereocenters. The number of fused-ring (bicyclic) bond motifs is 2. The van der Waals surface area contributed by atoms with Crippen LogP contribution in [0, 0.1) is 11.3 Å². The number of nitrogens with zero attached hydrogens (tertiary/aromatic N) is 3. The summed E-state index contributed by atoms with van der Waals surface area (Å²) in [4.78, 5) is 37.7. The summed E-state index contributed by atoms with van der Waals surface area (Å²) < 4.78 is 0.790. The molecule has 33 heavy (non-hydrogen) atoms. The summed E-state index contributed by atoms with van der Waals surface area (Å²) in [5.74, 6) is -2.82. The molecule has 0 aliphatic carbocycles. The van der Waals surface area contributed by atoms with E-state index in [1.165, 1.54) is 5.56 Å². The summed E-state index contributed by atoms with van der Waals surface area (Å²) in [6.45, 7) is -0.732. The largest absolute Gasteiger partial charge is 0.480 e. The van der Waals surface area contributed by atoms with E-state index in [4.69, 9.17) is 5.11 Å². The number of carbonyl (C=O) groups is 2. The Kier molecular flexibility index (Phi) is 5.85. The Morgan fingerprint density at radius 2 is 1.82 bits per heavy atom. The van der Waals surface area contributed by atoms with Gasteiger partial charge in [0, 0.05) is 18.4 Å². The number of carboxylic acids is 2. The molecule has 2 heterocycles. The van der Waals surface area contributed by atoms with Gasteiger partial charge in [0.2, 0.25) is 0 Å². The van der Waals surface area contributed by atoms with E-state index in [0.717, 1.165) is 51.2 Å². The topological polar surface area (TPSA) is 124 Å². The molecule has 0 saturated heterocycles. The lowest BCUT2D eigenvalue weighted by molar-refractivity contribution is -0.138. The Bertz CT molecular complexity index is 1510. The van der Waals surface area contributed by atoms with Crippen molar-refractivity contribution in [2.45, 2.75) is 19.4 Å². The Labute approximate surface area is 192 Å². The molecule has 0 fully saturated rings. The van der Waals surface area contributed by atoms with Crippen LogP contribution in [-0.4, -0.2) is 33.8 Å². The van der Waals surface area contributed by atoms with Crippen molar-refractivity contribution in [2.75, 3.05) is 11.9 Å². The first kappa shape index (κ1) is 22.0. The van der Waals surface area contributed by atoms with Crippen molar-refractivity contribution in [3.63, 3.8) is 0 Å². The molecule has 0 bridgehead atoms. The van der Waals surface area contributed by atoms with Crippen LogP contribution in [0.1, 0.15) is 16.7 Å². The van der Waals surface area contributed by atoms with Crippen molar-refractivity contribution in [1.82, 2.24) is 4.57 Å². The van der Waals surface area contributed by atoms with Crippen molar-refractivity contribution in [1.29, 1.82) is 5.26 Å². The fourth-order valence-electron chi connectivity index (χ4n) is 3.99. The molecule has 2 aromatic carbocycles. The third kappa shape index (κ3) is 4.16. The number of hydrogen-bond donors (Lipinski definition) is 2. The zero-order valence-corrected chi connectivity index (χ0v) is 18.4. The smallest absolute Gasteiger partial charge is 0.349 e. The third-order valence-corrected chi connectivity index (χ3v) is 6.65. The SMILES string of the molecule is CN1c2ccccc2CCc2cc(/C=c3\s/c(=C(\C#N)C(=O)O)n(CC(=O)O)c3=O)ccc21. The first-order chi connectivity index (χ1) is 15.8. The average molecular weight is 461 g/mol. The van der Waals surface area contributed by atoms with Gasteiger partial charge in [-0.3, -0.25) is 14.2 Å². The van der Waals surface area contributed by atoms with Crippen LogP contribution in [0.3, 0.4) is 0 Å². The van der Waals surface area contributed by atoms with Gasteiger partial charge in [-0.1, -0.05) is 24.3 Å². The Morgan fingerprint density at radius 3 is 2.52 bits per heavy atom. The van der Waals surface area contributed by atoms with Crippen molar-refractivity contribution >= 4 is 46.3 Å². The van der Waals surface area contributed by atoms with Crippen molar-refractivity contribution in [3.8, 4) is 6.07 Å². The van der Waals surface area contributed by atoms with Crippen LogP contribution in [0.15, 0.2) is 47.3 Å². The summed E-state index contributed by atoms with van der Waals surface area (Å²) in [5, 5.41) is 27.7. The minimum Gasteiger partial charge on any atom is -0.480 e. The molecule has 4 rings (SSSR count). The maximum atomic E-state index is 12.9. The van der Waals surface area contributed by atoms with E-state index in [-0.39, 0.29) is 9.20 Å². The van der Waals surface area contributed by atoms with E-state index < -0.39 is 29.6 Å². The van der Waals surface area contributed by atoms with Gasteiger partial charge in [-0.25, -0.2) is 4.79 Å². The van der Waals surface area contributed by atoms with Crippen LogP contribution < -0.4 is 19.7 Å². The second-order valence-electron chi connectivity index (χ2n) is 7.57. The molecule has 0 atom stereocenters. The number of anilines is 2. The molecule has 0 radical (unpaired) electrons. The number of carboxylic acid groups (broad SMARTS) is 2. The summed E-state index contributed by atoms with van der Waals surface area (Å²) >= 11 is 0.797. The fourth-order valence-corrected chi connectivity index (χ4v) is 5.09. The molecule has 166 valence electrons. The lowest BCUT2D eigenvalue weighted by Crippen LogP contribution is -2.35. The van der Waals surface area contributed by atoms with Gasteiger partial charge in [-0.15, -0.1) is 11.3 Å². The minimum absolute atomic E-state index is 0.158. The maximum Gasteiger partial charge on any atom is 0.349 e. The molecule has 0 saturated carbocycles. The van der Waals surface area contributed by atoms with Crippen LogP contribution in [0.2, 0.25) is 0 Å². The fraction of sp³-hybridized carbons (Fsp3) is 0.167. The van der Waals surface area contributed by atoms with E-state index in [1.807, 2.05) is 37.4 Å². The summed E-state index contributed by atoms with van der Waals surface area (Å²) in [7, 11) is 2.01. The van der Waals surface area contributed by atoms with Gasteiger partial charge < -0.3 is 15.1 Å². The molecule has 1 aromatic heterocycles. The maximum absolute atomic E-state index is 12.9. The monoisotopic (exact) mass is 461 g/mol. The zero-order valence-electron chi connectivity index (χ0n) is 17.6. The van der Waals surface area contributed by atoms with Crippen LogP contribution >= 0.6 is 11.3 Å². The quantitative estimate of drug-likeness (QED) is 0.603. The molecular weight excluding hydrogens is 442 g/mol. The number of para-hydroxylation sites is 1.